The molecule has 0 aliphatic rings. The van der Waals surface area contributed by atoms with Gasteiger partial charge in [-0.05, 0) is 36.8 Å². The van der Waals surface area contributed by atoms with E-state index in [1.165, 1.54) is 23.9 Å². The van der Waals surface area contributed by atoms with Gasteiger partial charge in [-0.2, -0.15) is 0 Å². The predicted octanol–water partition coefficient (Wildman–Crippen LogP) is 4.09. The maximum absolute atomic E-state index is 12.4. The number of carbonyl (C=O) groups excluding carboxylic acids is 1. The molecule has 160 valence electrons. The van der Waals surface area contributed by atoms with Gasteiger partial charge < -0.3 is 10.1 Å². The average Bonchev–Trinajstić information content (AvgIpc) is 3.16. The fourth-order valence-corrected chi connectivity index (χ4v) is 3.57. The Morgan fingerprint density at radius 1 is 1.29 bits per heavy atom. The van der Waals surface area contributed by atoms with Crippen molar-refractivity contribution in [1.82, 2.24) is 14.8 Å². The van der Waals surface area contributed by atoms with Gasteiger partial charge in [-0.25, -0.2) is 0 Å². The first-order valence-corrected chi connectivity index (χ1v) is 10.3. The van der Waals surface area contributed by atoms with Crippen molar-refractivity contribution in [1.29, 1.82) is 0 Å². The zero-order valence-corrected chi connectivity index (χ0v) is 17.9. The number of nitro groups is 1. The van der Waals surface area contributed by atoms with E-state index in [1.54, 1.807) is 26.2 Å². The molecule has 0 spiro atoms. The highest BCUT2D eigenvalue weighted by Gasteiger charge is 2.16. The Balaban J connectivity index is 1.73. The molecule has 0 aliphatic heterocycles. The van der Waals surface area contributed by atoms with Gasteiger partial charge >= 0.3 is 0 Å². The number of carbonyl (C=O) groups is 1. The fourth-order valence-electron chi connectivity index (χ4n) is 2.82. The molecule has 9 nitrogen and oxygen atoms in total. The zero-order chi connectivity index (χ0) is 22.4. The van der Waals surface area contributed by atoms with Crippen LogP contribution in [0.2, 0.25) is 0 Å². The summed E-state index contributed by atoms with van der Waals surface area (Å²) in [5.74, 6) is 1.16. The quantitative estimate of drug-likeness (QED) is 0.231. The number of amides is 1. The summed E-state index contributed by atoms with van der Waals surface area (Å²) in [6.07, 6.45) is 1.73. The number of non-ortho nitro benzene ring substituents is 1. The van der Waals surface area contributed by atoms with Crippen molar-refractivity contribution in [3.8, 4) is 17.1 Å². The minimum absolute atomic E-state index is 0.0695. The van der Waals surface area contributed by atoms with Crippen LogP contribution in [0, 0.1) is 17.0 Å². The Labute approximate surface area is 183 Å². The predicted molar refractivity (Wildman–Crippen MR) is 119 cm³/mol. The second kappa shape index (κ2) is 9.90. The van der Waals surface area contributed by atoms with Gasteiger partial charge in [-0.1, -0.05) is 23.9 Å². The monoisotopic (exact) mass is 439 g/mol. The van der Waals surface area contributed by atoms with Crippen LogP contribution in [0.15, 0.2) is 60.3 Å². The van der Waals surface area contributed by atoms with Gasteiger partial charge in [0.15, 0.2) is 11.0 Å². The Morgan fingerprint density at radius 2 is 2.03 bits per heavy atom. The van der Waals surface area contributed by atoms with Gasteiger partial charge in [0, 0.05) is 24.2 Å². The molecule has 0 saturated carbocycles. The van der Waals surface area contributed by atoms with Gasteiger partial charge in [-0.3, -0.25) is 19.5 Å². The van der Waals surface area contributed by atoms with E-state index >= 15 is 0 Å². The van der Waals surface area contributed by atoms with Crippen molar-refractivity contribution >= 4 is 29.0 Å². The van der Waals surface area contributed by atoms with Crippen LogP contribution in [0.3, 0.4) is 0 Å². The number of hydrogen-bond donors (Lipinski definition) is 1. The molecule has 3 aromatic rings. The number of nitrogens with zero attached hydrogens (tertiary/aromatic N) is 4. The first-order chi connectivity index (χ1) is 14.9. The molecule has 10 heteroatoms. The molecule has 0 bridgehead atoms. The van der Waals surface area contributed by atoms with Crippen LogP contribution in [0.4, 0.5) is 11.4 Å². The van der Waals surface area contributed by atoms with E-state index in [2.05, 4.69) is 22.1 Å². The van der Waals surface area contributed by atoms with Crippen LogP contribution in [0.5, 0.6) is 5.75 Å². The Kier molecular flexibility index (Phi) is 7.03. The van der Waals surface area contributed by atoms with Crippen molar-refractivity contribution in [2.75, 3.05) is 18.2 Å². The van der Waals surface area contributed by atoms with Gasteiger partial charge in [0.25, 0.3) is 5.69 Å². The summed E-state index contributed by atoms with van der Waals surface area (Å²) in [5.41, 5.74) is 1.92. The van der Waals surface area contributed by atoms with Crippen LogP contribution in [-0.4, -0.2) is 38.5 Å². The smallest absolute Gasteiger partial charge is 0.271 e. The van der Waals surface area contributed by atoms with Crippen molar-refractivity contribution in [3.05, 3.63) is 70.8 Å². The van der Waals surface area contributed by atoms with E-state index in [0.29, 0.717) is 23.2 Å². The minimum atomic E-state index is -0.498. The molecular weight excluding hydrogens is 418 g/mol. The molecular formula is C21H21N5O4S. The van der Waals surface area contributed by atoms with E-state index in [-0.39, 0.29) is 17.3 Å². The first kappa shape index (κ1) is 22.0. The number of thioether (sulfide) groups is 1. The number of ether oxygens (including phenoxy) is 1. The molecule has 0 fully saturated rings. The summed E-state index contributed by atoms with van der Waals surface area (Å²) in [4.78, 5) is 22.9. The fraction of sp³-hybridized carbons (Fsp3) is 0.190. The Hall–Kier alpha value is -3.66. The molecule has 1 N–H and O–H groups in total. The number of aromatic nitrogens is 3. The van der Waals surface area contributed by atoms with Crippen molar-refractivity contribution < 1.29 is 14.5 Å². The molecule has 31 heavy (non-hydrogen) atoms. The number of nitro benzene ring substituents is 1. The van der Waals surface area contributed by atoms with E-state index < -0.39 is 4.92 Å². The third-order valence-electron chi connectivity index (χ3n) is 4.42. The molecule has 1 amide bonds. The SMILES string of the molecule is C=CCn1c(SCC(=O)Nc2cc([N+](=O)[O-])ccc2C)nnc1-c1ccc(OC)cc1. The van der Waals surface area contributed by atoms with Crippen LogP contribution < -0.4 is 10.1 Å². The highest BCUT2D eigenvalue weighted by Crippen LogP contribution is 2.26. The van der Waals surface area contributed by atoms with Crippen LogP contribution in [-0.2, 0) is 11.3 Å². The number of allylic oxidation sites excluding steroid dienone is 1. The van der Waals surface area contributed by atoms with Gasteiger partial charge in [0.1, 0.15) is 5.75 Å². The van der Waals surface area contributed by atoms with Crippen LogP contribution >= 0.6 is 11.8 Å². The first-order valence-electron chi connectivity index (χ1n) is 9.29. The van der Waals surface area contributed by atoms with Gasteiger partial charge in [-0.15, -0.1) is 16.8 Å². The van der Waals surface area contributed by atoms with Crippen molar-refractivity contribution in [3.63, 3.8) is 0 Å². The highest BCUT2D eigenvalue weighted by atomic mass is 32.2. The van der Waals surface area contributed by atoms with Crippen LogP contribution in [0.25, 0.3) is 11.4 Å². The van der Waals surface area contributed by atoms with Gasteiger partial charge in [0.05, 0.1) is 23.5 Å². The summed E-state index contributed by atoms with van der Waals surface area (Å²) in [7, 11) is 1.60. The van der Waals surface area contributed by atoms with E-state index in [1.807, 2.05) is 28.8 Å². The summed E-state index contributed by atoms with van der Waals surface area (Å²) >= 11 is 1.22. The number of aryl methyl sites for hydroxylation is 1. The minimum Gasteiger partial charge on any atom is -0.497 e. The molecule has 0 unspecified atom stereocenters. The molecule has 3 rings (SSSR count). The number of methoxy groups -OCH3 is 1. The molecule has 0 atom stereocenters. The molecule has 1 aromatic heterocycles. The van der Waals surface area contributed by atoms with Crippen molar-refractivity contribution in [2.45, 2.75) is 18.6 Å². The molecule has 0 radical (unpaired) electrons. The number of nitrogens with one attached hydrogen (secondary N) is 1. The molecule has 0 saturated heterocycles. The largest absolute Gasteiger partial charge is 0.497 e. The van der Waals surface area contributed by atoms with Gasteiger partial charge in [0.2, 0.25) is 5.91 Å². The number of benzene rings is 2. The van der Waals surface area contributed by atoms with Crippen LogP contribution in [0.1, 0.15) is 5.56 Å². The number of hydrogen-bond acceptors (Lipinski definition) is 7. The summed E-state index contributed by atoms with van der Waals surface area (Å²) in [5, 5.41) is 22.7. The topological polar surface area (TPSA) is 112 Å². The van der Waals surface area contributed by atoms with E-state index in [0.717, 1.165) is 16.9 Å². The zero-order valence-electron chi connectivity index (χ0n) is 17.1. The summed E-state index contributed by atoms with van der Waals surface area (Å²) in [6.45, 7) is 6.03. The molecule has 2 aromatic carbocycles. The third kappa shape index (κ3) is 5.28. The number of anilines is 1. The molecule has 0 aliphatic carbocycles. The van der Waals surface area contributed by atoms with Crippen molar-refractivity contribution in [2.24, 2.45) is 0 Å². The van der Waals surface area contributed by atoms with E-state index in [4.69, 9.17) is 4.74 Å². The second-order valence-electron chi connectivity index (χ2n) is 6.53. The lowest BCUT2D eigenvalue weighted by Crippen LogP contribution is -2.15. The second-order valence-corrected chi connectivity index (χ2v) is 7.47. The maximum atomic E-state index is 12.4. The summed E-state index contributed by atoms with van der Waals surface area (Å²) in [6, 6.07) is 11.8. The Morgan fingerprint density at radius 3 is 2.68 bits per heavy atom. The number of rotatable bonds is 9. The van der Waals surface area contributed by atoms with E-state index in [9.17, 15) is 14.9 Å². The molecule has 1 heterocycles. The lowest BCUT2D eigenvalue weighted by Gasteiger charge is -2.10. The Bertz CT molecular complexity index is 1110. The highest BCUT2D eigenvalue weighted by molar-refractivity contribution is 7.99. The maximum Gasteiger partial charge on any atom is 0.271 e. The average molecular weight is 439 g/mol. The lowest BCUT2D eigenvalue weighted by atomic mass is 10.2. The standard InChI is InChI=1S/C21H21N5O4S/c1-4-11-25-20(15-6-9-17(30-3)10-7-15)23-24-21(25)31-13-19(27)22-18-12-16(26(28)29)8-5-14(18)2/h4-10,12H,1,11,13H2,2-3H3,(H,22,27). The summed E-state index contributed by atoms with van der Waals surface area (Å²) < 4.78 is 7.05. The third-order valence-corrected chi connectivity index (χ3v) is 5.38. The normalized spacial score (nSPS) is 10.5. The lowest BCUT2D eigenvalue weighted by molar-refractivity contribution is -0.384.